The minimum atomic E-state index is 1.000. The number of imidazole rings is 2. The van der Waals surface area contributed by atoms with E-state index < -0.39 is 0 Å². The maximum atomic E-state index is 4.80. The second-order valence-electron chi connectivity index (χ2n) is 6.53. The van der Waals surface area contributed by atoms with Gasteiger partial charge < -0.3 is 0 Å². The van der Waals surface area contributed by atoms with Gasteiger partial charge in [-0.3, -0.25) is 8.80 Å². The highest BCUT2D eigenvalue weighted by atomic mass is 32.2. The number of hydrogen-bond donors (Lipinski definition) is 0. The third-order valence-corrected chi connectivity index (χ3v) is 7.43. The number of fused-ring (bicyclic) bond motifs is 2. The average molecular weight is 431 g/mol. The molecule has 0 spiro atoms. The van der Waals surface area contributed by atoms with Gasteiger partial charge in [0.2, 0.25) is 0 Å². The molecule has 0 aliphatic rings. The maximum Gasteiger partial charge on any atom is 0.194 e. The Hall–Kier alpha value is -2.87. The van der Waals surface area contributed by atoms with Crippen LogP contribution in [0.25, 0.3) is 32.4 Å². The monoisotopic (exact) mass is 430 g/mol. The van der Waals surface area contributed by atoms with Gasteiger partial charge in [0.1, 0.15) is 0 Å². The van der Waals surface area contributed by atoms with Crippen LogP contribution in [-0.2, 0) is 0 Å². The lowest BCUT2D eigenvalue weighted by atomic mass is 10.2. The number of aromatic nitrogens is 4. The molecule has 0 atom stereocenters. The second kappa shape index (κ2) is 6.88. The van der Waals surface area contributed by atoms with E-state index in [1.807, 2.05) is 12.4 Å². The van der Waals surface area contributed by atoms with Gasteiger partial charge in [-0.2, -0.15) is 0 Å². The first-order valence-electron chi connectivity index (χ1n) is 9.06. The van der Waals surface area contributed by atoms with Crippen molar-refractivity contribution in [1.29, 1.82) is 0 Å². The Bertz CT molecular complexity index is 1290. The molecule has 0 unspecified atom stereocenters. The van der Waals surface area contributed by atoms with Crippen molar-refractivity contribution in [1.82, 2.24) is 18.8 Å². The van der Waals surface area contributed by atoms with Gasteiger partial charge in [0, 0.05) is 56.5 Å². The zero-order valence-electron chi connectivity index (χ0n) is 15.1. The summed E-state index contributed by atoms with van der Waals surface area (Å²) < 4.78 is 4.15. The van der Waals surface area contributed by atoms with Crippen LogP contribution < -0.4 is 0 Å². The molecule has 4 aromatic heterocycles. The number of hydrogen-bond acceptors (Lipinski definition) is 5. The van der Waals surface area contributed by atoms with E-state index in [2.05, 4.69) is 80.5 Å². The van der Waals surface area contributed by atoms with Crippen LogP contribution in [-0.4, -0.2) is 18.8 Å². The zero-order valence-corrected chi connectivity index (χ0v) is 17.5. The Balaban J connectivity index is 1.43. The molecule has 0 amide bonds. The molecular formula is C22H14N4S3. The first-order valence-corrected chi connectivity index (χ1v) is 11.6. The fraction of sp³-hybridized carbons (Fsp3) is 0. The molecule has 140 valence electrons. The van der Waals surface area contributed by atoms with Crippen LogP contribution in [0.3, 0.4) is 0 Å². The van der Waals surface area contributed by atoms with Crippen LogP contribution in [0, 0.1) is 0 Å². The van der Waals surface area contributed by atoms with Gasteiger partial charge in [0.05, 0.1) is 11.4 Å². The summed E-state index contributed by atoms with van der Waals surface area (Å²) in [5, 5.41) is 4.11. The van der Waals surface area contributed by atoms with Crippen molar-refractivity contribution < 1.29 is 0 Å². The highest BCUT2D eigenvalue weighted by molar-refractivity contribution is 7.99. The molecule has 0 aliphatic heterocycles. The quantitative estimate of drug-likeness (QED) is 0.316. The third-order valence-electron chi connectivity index (χ3n) is 4.73. The number of nitrogens with zero attached hydrogens (tertiary/aromatic N) is 4. The van der Waals surface area contributed by atoms with Gasteiger partial charge in [-0.1, -0.05) is 48.2 Å². The molecule has 6 rings (SSSR count). The Morgan fingerprint density at radius 3 is 1.62 bits per heavy atom. The van der Waals surface area contributed by atoms with Gasteiger partial charge in [-0.25, -0.2) is 9.97 Å². The maximum absolute atomic E-state index is 4.80. The van der Waals surface area contributed by atoms with E-state index in [0.717, 1.165) is 32.4 Å². The molecule has 0 aliphatic carbocycles. The highest BCUT2D eigenvalue weighted by Gasteiger charge is 2.14. The standard InChI is InChI=1S/C22H14N4S3/c1-3-7-19(15(5-1)17-13-25-9-11-27-21(25)23-17)29-20-8-4-2-6-16(20)18-14-26-10-12-28-22(26)24-18/h1-14H. The summed E-state index contributed by atoms with van der Waals surface area (Å²) in [6.07, 6.45) is 8.29. The van der Waals surface area contributed by atoms with Crippen molar-refractivity contribution in [2.24, 2.45) is 0 Å². The van der Waals surface area contributed by atoms with Crippen LogP contribution in [0.2, 0.25) is 0 Å². The molecule has 0 saturated heterocycles. The molecule has 29 heavy (non-hydrogen) atoms. The van der Waals surface area contributed by atoms with E-state index in [1.165, 1.54) is 9.79 Å². The third kappa shape index (κ3) is 2.98. The lowest BCUT2D eigenvalue weighted by Crippen LogP contribution is -1.86. The largest absolute Gasteiger partial charge is 0.297 e. The van der Waals surface area contributed by atoms with Crippen LogP contribution in [0.4, 0.5) is 0 Å². The van der Waals surface area contributed by atoms with Crippen LogP contribution in [0.15, 0.2) is 93.9 Å². The smallest absolute Gasteiger partial charge is 0.194 e. The molecule has 0 fully saturated rings. The summed E-state index contributed by atoms with van der Waals surface area (Å²) in [6.45, 7) is 0. The first-order chi connectivity index (χ1) is 14.3. The molecule has 0 saturated carbocycles. The van der Waals surface area contributed by atoms with Gasteiger partial charge in [-0.15, -0.1) is 22.7 Å². The number of benzene rings is 2. The van der Waals surface area contributed by atoms with E-state index in [9.17, 15) is 0 Å². The summed E-state index contributed by atoms with van der Waals surface area (Å²) in [7, 11) is 0. The molecule has 0 radical (unpaired) electrons. The summed E-state index contributed by atoms with van der Waals surface area (Å²) in [5.74, 6) is 0. The topological polar surface area (TPSA) is 34.6 Å². The average Bonchev–Trinajstić information content (AvgIpc) is 3.49. The Morgan fingerprint density at radius 2 is 1.14 bits per heavy atom. The molecule has 4 nitrogen and oxygen atoms in total. The summed E-state index contributed by atoms with van der Waals surface area (Å²) >= 11 is 5.07. The highest BCUT2D eigenvalue weighted by Crippen LogP contribution is 2.40. The van der Waals surface area contributed by atoms with Gasteiger partial charge >= 0.3 is 0 Å². The number of thiazole rings is 2. The molecular weight excluding hydrogens is 416 g/mol. The van der Waals surface area contributed by atoms with Crippen molar-refractivity contribution in [3.05, 3.63) is 84.1 Å². The molecule has 4 heterocycles. The first kappa shape index (κ1) is 17.0. The SMILES string of the molecule is c1ccc(-c2cn3ccsc3n2)c(Sc2ccccc2-c2cn3ccsc3n2)c1. The predicted octanol–water partition coefficient (Wildman–Crippen LogP) is 6.59. The van der Waals surface area contributed by atoms with E-state index in [1.54, 1.807) is 34.4 Å². The van der Waals surface area contributed by atoms with Gasteiger partial charge in [0.25, 0.3) is 0 Å². The van der Waals surface area contributed by atoms with Crippen molar-refractivity contribution in [3.8, 4) is 22.5 Å². The Morgan fingerprint density at radius 1 is 0.655 bits per heavy atom. The lowest BCUT2D eigenvalue weighted by molar-refractivity contribution is 1.23. The van der Waals surface area contributed by atoms with Crippen molar-refractivity contribution in [3.63, 3.8) is 0 Å². The van der Waals surface area contributed by atoms with Gasteiger partial charge in [-0.05, 0) is 12.1 Å². The molecule has 6 aromatic rings. The van der Waals surface area contributed by atoms with E-state index in [4.69, 9.17) is 9.97 Å². The Kier molecular flexibility index (Phi) is 4.04. The minimum Gasteiger partial charge on any atom is -0.297 e. The lowest BCUT2D eigenvalue weighted by Gasteiger charge is -2.10. The summed E-state index contributed by atoms with van der Waals surface area (Å²) in [5.41, 5.74) is 4.29. The summed E-state index contributed by atoms with van der Waals surface area (Å²) in [6, 6.07) is 16.9. The molecule has 7 heteroatoms. The minimum absolute atomic E-state index is 1.000. The summed E-state index contributed by atoms with van der Waals surface area (Å²) in [4.78, 5) is 14.0. The predicted molar refractivity (Wildman–Crippen MR) is 121 cm³/mol. The molecule has 2 aromatic carbocycles. The van der Waals surface area contributed by atoms with Crippen molar-refractivity contribution in [2.75, 3.05) is 0 Å². The second-order valence-corrected chi connectivity index (χ2v) is 9.36. The fourth-order valence-electron chi connectivity index (χ4n) is 3.37. The molecule has 0 N–H and O–H groups in total. The van der Waals surface area contributed by atoms with E-state index in [0.29, 0.717) is 0 Å². The van der Waals surface area contributed by atoms with Crippen LogP contribution >= 0.6 is 34.4 Å². The van der Waals surface area contributed by atoms with Crippen LogP contribution in [0.5, 0.6) is 0 Å². The zero-order chi connectivity index (χ0) is 19.2. The van der Waals surface area contributed by atoms with Crippen LogP contribution in [0.1, 0.15) is 0 Å². The Labute approximate surface area is 179 Å². The number of rotatable bonds is 4. The molecule has 0 bridgehead atoms. The van der Waals surface area contributed by atoms with Crippen molar-refractivity contribution >= 4 is 44.4 Å². The van der Waals surface area contributed by atoms with Gasteiger partial charge in [0.15, 0.2) is 9.92 Å². The van der Waals surface area contributed by atoms with E-state index in [-0.39, 0.29) is 0 Å². The van der Waals surface area contributed by atoms with E-state index >= 15 is 0 Å². The van der Waals surface area contributed by atoms with Crippen molar-refractivity contribution in [2.45, 2.75) is 9.79 Å². The normalized spacial score (nSPS) is 11.6. The fourth-order valence-corrected chi connectivity index (χ4v) is 5.86.